The zero-order valence-corrected chi connectivity index (χ0v) is 19.3. The van der Waals surface area contributed by atoms with Crippen LogP contribution < -0.4 is 0 Å². The van der Waals surface area contributed by atoms with Gasteiger partial charge in [-0.15, -0.1) is 0 Å². The van der Waals surface area contributed by atoms with E-state index in [2.05, 4.69) is 0 Å². The predicted octanol–water partition coefficient (Wildman–Crippen LogP) is 5.84. The lowest BCUT2D eigenvalue weighted by Crippen LogP contribution is -2.30. The van der Waals surface area contributed by atoms with Crippen LogP contribution in [-0.4, -0.2) is 26.3 Å². The normalized spacial score (nSPS) is 16.0. The van der Waals surface area contributed by atoms with E-state index in [4.69, 9.17) is 4.42 Å². The summed E-state index contributed by atoms with van der Waals surface area (Å²) in [6.45, 7) is 0.0774. The molecule has 6 rings (SSSR count). The number of ketones is 1. The Morgan fingerprint density at radius 2 is 1.75 bits per heavy atom. The van der Waals surface area contributed by atoms with Gasteiger partial charge >= 0.3 is 0 Å². The second-order valence-corrected chi connectivity index (χ2v) is 8.91. The third-order valence-electron chi connectivity index (χ3n) is 6.69. The first kappa shape index (κ1) is 21.9. The molecule has 2 aromatic heterocycles. The molecule has 1 aliphatic heterocycles. The first-order valence-electron chi connectivity index (χ1n) is 11.5. The molecule has 1 N–H and O–H groups in total. The molecular weight excluding hydrogens is 459 g/mol. The van der Waals surface area contributed by atoms with E-state index in [1.165, 1.54) is 17.0 Å². The minimum absolute atomic E-state index is 0.0411. The number of amides is 1. The van der Waals surface area contributed by atoms with Crippen LogP contribution in [-0.2, 0) is 18.4 Å². The number of aliphatic hydroxyl groups excluding tert-OH is 1. The van der Waals surface area contributed by atoms with Gasteiger partial charge in [0.1, 0.15) is 11.4 Å². The van der Waals surface area contributed by atoms with Crippen molar-refractivity contribution >= 4 is 33.6 Å². The summed E-state index contributed by atoms with van der Waals surface area (Å²) >= 11 is 0. The smallest absolute Gasteiger partial charge is 0.290 e. The molecule has 0 saturated heterocycles. The number of carbonyl (C=O) groups is 2. The summed E-state index contributed by atoms with van der Waals surface area (Å²) in [7, 11) is 1.89. The van der Waals surface area contributed by atoms with Gasteiger partial charge in [0.2, 0.25) is 5.78 Å². The van der Waals surface area contributed by atoms with Crippen LogP contribution in [0, 0.1) is 5.82 Å². The van der Waals surface area contributed by atoms with Gasteiger partial charge in [-0.2, -0.15) is 0 Å². The number of carbonyl (C=O) groups excluding carboxylic acids is 2. The molecule has 0 spiro atoms. The highest BCUT2D eigenvalue weighted by molar-refractivity contribution is 6.16. The van der Waals surface area contributed by atoms with E-state index < -0.39 is 23.5 Å². The molecule has 36 heavy (non-hydrogen) atoms. The van der Waals surface area contributed by atoms with Crippen LogP contribution in [0.5, 0.6) is 0 Å². The van der Waals surface area contributed by atoms with Crippen LogP contribution >= 0.6 is 0 Å². The van der Waals surface area contributed by atoms with Crippen molar-refractivity contribution in [3.05, 3.63) is 119 Å². The highest BCUT2D eigenvalue weighted by Gasteiger charge is 2.45. The number of aromatic nitrogens is 1. The number of halogens is 1. The third kappa shape index (κ3) is 3.40. The lowest BCUT2D eigenvalue weighted by Gasteiger charge is -2.26. The van der Waals surface area contributed by atoms with Gasteiger partial charge in [0.15, 0.2) is 11.5 Å². The van der Waals surface area contributed by atoms with Crippen molar-refractivity contribution in [1.29, 1.82) is 0 Å². The second-order valence-electron chi connectivity index (χ2n) is 8.91. The van der Waals surface area contributed by atoms with E-state index in [9.17, 15) is 19.1 Å². The van der Waals surface area contributed by atoms with E-state index in [1.54, 1.807) is 30.3 Å². The fraction of sp³-hybridized carbons (Fsp3) is 0.103. The van der Waals surface area contributed by atoms with Crippen LogP contribution in [0.15, 0.2) is 101 Å². The van der Waals surface area contributed by atoms with Crippen molar-refractivity contribution in [3.63, 3.8) is 0 Å². The molecule has 5 aromatic rings. The Labute approximate surface area is 205 Å². The van der Waals surface area contributed by atoms with Crippen LogP contribution in [0.4, 0.5) is 4.39 Å². The molecular formula is C29H21FN2O4. The van der Waals surface area contributed by atoms with Crippen LogP contribution in [0.3, 0.4) is 0 Å². The Kier molecular flexibility index (Phi) is 5.00. The van der Waals surface area contributed by atoms with E-state index >= 15 is 0 Å². The maximum Gasteiger partial charge on any atom is 0.290 e. The summed E-state index contributed by atoms with van der Waals surface area (Å²) in [5.74, 6) is -2.19. The molecule has 0 bridgehead atoms. The average Bonchev–Trinajstić information content (AvgIpc) is 3.54. The Morgan fingerprint density at radius 3 is 2.53 bits per heavy atom. The molecule has 0 fully saturated rings. The Balaban J connectivity index is 1.51. The molecule has 0 radical (unpaired) electrons. The van der Waals surface area contributed by atoms with Gasteiger partial charge in [0.05, 0.1) is 11.6 Å². The van der Waals surface area contributed by atoms with Gasteiger partial charge in [-0.1, -0.05) is 48.5 Å². The van der Waals surface area contributed by atoms with E-state index in [0.717, 1.165) is 16.3 Å². The van der Waals surface area contributed by atoms with Gasteiger partial charge in [-0.05, 0) is 35.9 Å². The van der Waals surface area contributed by atoms with Crippen molar-refractivity contribution in [1.82, 2.24) is 9.47 Å². The first-order chi connectivity index (χ1) is 17.4. The minimum Gasteiger partial charge on any atom is -0.503 e. The molecule has 3 aromatic carbocycles. The number of aryl methyl sites for hydroxylation is 1. The van der Waals surface area contributed by atoms with Crippen molar-refractivity contribution in [2.24, 2.45) is 7.05 Å². The maximum atomic E-state index is 13.8. The molecule has 1 atom stereocenters. The van der Waals surface area contributed by atoms with Gasteiger partial charge in [-0.3, -0.25) is 9.59 Å². The highest BCUT2D eigenvalue weighted by Crippen LogP contribution is 2.43. The number of nitrogens with zero attached hydrogens (tertiary/aromatic N) is 2. The number of Topliss-reactive ketones (excluding diaryl/α,β-unsaturated/α-hetero) is 1. The van der Waals surface area contributed by atoms with Gasteiger partial charge < -0.3 is 19.0 Å². The van der Waals surface area contributed by atoms with E-state index in [1.807, 2.05) is 54.2 Å². The minimum atomic E-state index is -0.866. The average molecular weight is 480 g/mol. The number of para-hydroxylation sites is 2. The van der Waals surface area contributed by atoms with Crippen molar-refractivity contribution in [2.45, 2.75) is 12.6 Å². The topological polar surface area (TPSA) is 75.7 Å². The highest BCUT2D eigenvalue weighted by atomic mass is 19.1. The van der Waals surface area contributed by atoms with E-state index in [0.29, 0.717) is 16.7 Å². The Bertz CT molecular complexity index is 1660. The van der Waals surface area contributed by atoms with Crippen molar-refractivity contribution in [3.8, 4) is 0 Å². The summed E-state index contributed by atoms with van der Waals surface area (Å²) in [5, 5.41) is 12.6. The van der Waals surface area contributed by atoms with Crippen molar-refractivity contribution < 1.29 is 23.5 Å². The largest absolute Gasteiger partial charge is 0.503 e. The van der Waals surface area contributed by atoms with Crippen molar-refractivity contribution in [2.75, 3.05) is 0 Å². The zero-order valence-electron chi connectivity index (χ0n) is 19.3. The molecule has 1 aliphatic rings. The molecule has 3 heterocycles. The first-order valence-corrected chi connectivity index (χ1v) is 11.5. The Morgan fingerprint density at radius 1 is 1.03 bits per heavy atom. The van der Waals surface area contributed by atoms with Crippen LogP contribution in [0.25, 0.3) is 21.9 Å². The number of furan rings is 1. The number of hydrogen-bond acceptors (Lipinski definition) is 4. The molecule has 1 unspecified atom stereocenters. The summed E-state index contributed by atoms with van der Waals surface area (Å²) < 4.78 is 21.2. The molecule has 6 nitrogen and oxygen atoms in total. The van der Waals surface area contributed by atoms with Gasteiger partial charge in [-0.25, -0.2) is 4.39 Å². The number of benzene rings is 3. The number of fused-ring (bicyclic) bond motifs is 2. The lowest BCUT2D eigenvalue weighted by molar-refractivity contribution is -0.130. The maximum absolute atomic E-state index is 13.8. The second kappa shape index (κ2) is 8.23. The van der Waals surface area contributed by atoms with E-state index in [-0.39, 0.29) is 23.7 Å². The van der Waals surface area contributed by atoms with Crippen LogP contribution in [0.1, 0.15) is 27.7 Å². The number of rotatable bonds is 5. The summed E-state index contributed by atoms with van der Waals surface area (Å²) in [6, 6.07) is 21.4. The number of aliphatic hydroxyl groups is 1. The molecule has 7 heteroatoms. The zero-order chi connectivity index (χ0) is 25.0. The summed E-state index contributed by atoms with van der Waals surface area (Å²) in [5.41, 5.74) is 2.78. The van der Waals surface area contributed by atoms with Gasteiger partial charge in [0, 0.05) is 41.6 Å². The molecule has 0 aliphatic carbocycles. The Hall–Kier alpha value is -4.65. The monoisotopic (exact) mass is 480 g/mol. The fourth-order valence-electron chi connectivity index (χ4n) is 4.98. The van der Waals surface area contributed by atoms with Gasteiger partial charge in [0.25, 0.3) is 5.91 Å². The summed E-state index contributed by atoms with van der Waals surface area (Å²) in [4.78, 5) is 28.6. The predicted molar refractivity (Wildman–Crippen MR) is 133 cm³/mol. The molecule has 0 saturated carbocycles. The summed E-state index contributed by atoms with van der Waals surface area (Å²) in [6.07, 6.45) is 1.87. The number of hydrogen-bond donors (Lipinski definition) is 1. The van der Waals surface area contributed by atoms with Crippen LogP contribution in [0.2, 0.25) is 0 Å². The lowest BCUT2D eigenvalue weighted by atomic mass is 9.94. The SMILES string of the molecule is Cn1cc(C2C(C(=O)c3cc4ccccc4o3)=C(O)C(=O)N2Cc2ccc(F)cc2)c2ccccc21. The fourth-order valence-corrected chi connectivity index (χ4v) is 4.98. The third-order valence-corrected chi connectivity index (χ3v) is 6.69. The molecule has 1 amide bonds. The standard InChI is InChI=1S/C29H21FN2O4/c1-31-16-21(20-7-3-4-8-22(20)31)26-25(27(33)24-14-18-6-2-5-9-23(18)36-24)28(34)29(35)32(26)15-17-10-12-19(30)13-11-17/h2-14,16,26,34H,15H2,1H3. The quantitative estimate of drug-likeness (QED) is 0.321. The molecule has 178 valence electrons.